The fourth-order valence-electron chi connectivity index (χ4n) is 3.43. The van der Waals surface area contributed by atoms with E-state index in [2.05, 4.69) is 36.7 Å². The number of hydrogen-bond donors (Lipinski definition) is 2. The van der Waals surface area contributed by atoms with Gasteiger partial charge in [-0.3, -0.25) is 0 Å². The summed E-state index contributed by atoms with van der Waals surface area (Å²) < 4.78 is 0. The molecule has 2 N–H and O–H groups in total. The average molecular weight is 275 g/mol. The lowest BCUT2D eigenvalue weighted by molar-refractivity contribution is 0.194. The third-order valence-corrected chi connectivity index (χ3v) is 5.04. The fourth-order valence-corrected chi connectivity index (χ4v) is 4.30. The van der Waals surface area contributed by atoms with Gasteiger partial charge in [0.1, 0.15) is 0 Å². The molecule has 100 valence electrons. The molecule has 0 spiro atoms. The molecule has 1 amide bonds. The van der Waals surface area contributed by atoms with Crippen LogP contribution in [0, 0.1) is 6.92 Å². The Morgan fingerprint density at radius 3 is 2.74 bits per heavy atom. The van der Waals surface area contributed by atoms with Gasteiger partial charge < -0.3 is 10.4 Å². The number of benzene rings is 1. The number of thioether (sulfide) groups is 1. The molecule has 2 bridgehead atoms. The highest BCUT2D eigenvalue weighted by Crippen LogP contribution is 2.53. The van der Waals surface area contributed by atoms with Gasteiger partial charge in [-0.15, -0.1) is 11.8 Å². The number of hydrogen-bond acceptors (Lipinski definition) is 2. The Morgan fingerprint density at radius 2 is 2.11 bits per heavy atom. The first-order valence-corrected chi connectivity index (χ1v) is 7.69. The van der Waals surface area contributed by atoms with Crippen LogP contribution in [0.4, 0.5) is 4.79 Å². The Bertz CT molecular complexity index is 580. The lowest BCUT2D eigenvalue weighted by Crippen LogP contribution is -2.21. The monoisotopic (exact) mass is 275 g/mol. The number of allylic oxidation sites excluding steroid dienone is 2. The van der Waals surface area contributed by atoms with E-state index < -0.39 is 6.09 Å². The summed E-state index contributed by atoms with van der Waals surface area (Å²) >= 11 is 1.80. The number of carboxylic acid groups (broad SMARTS) is 1. The van der Waals surface area contributed by atoms with E-state index in [4.69, 9.17) is 5.11 Å². The molecule has 1 aromatic rings. The van der Waals surface area contributed by atoms with E-state index in [1.165, 1.54) is 21.6 Å². The van der Waals surface area contributed by atoms with Crippen LogP contribution in [0.25, 0.3) is 0 Å². The van der Waals surface area contributed by atoms with Gasteiger partial charge in [0.15, 0.2) is 0 Å². The molecule has 2 aliphatic rings. The van der Waals surface area contributed by atoms with Crippen LogP contribution < -0.4 is 5.32 Å². The van der Waals surface area contributed by atoms with Gasteiger partial charge in [0.05, 0.1) is 0 Å². The lowest BCUT2D eigenvalue weighted by atomic mass is 9.90. The summed E-state index contributed by atoms with van der Waals surface area (Å²) in [7, 11) is 0. The van der Waals surface area contributed by atoms with Crippen molar-refractivity contribution in [2.24, 2.45) is 0 Å². The molecule has 2 unspecified atom stereocenters. The number of nitrogens with one attached hydrogen (secondary N) is 1. The second-order valence-corrected chi connectivity index (χ2v) is 6.02. The van der Waals surface area contributed by atoms with E-state index in [-0.39, 0.29) is 0 Å². The smallest absolute Gasteiger partial charge is 0.404 e. The first-order valence-electron chi connectivity index (χ1n) is 6.47. The van der Waals surface area contributed by atoms with E-state index in [9.17, 15) is 4.79 Å². The van der Waals surface area contributed by atoms with Crippen molar-refractivity contribution >= 4 is 17.9 Å². The minimum absolute atomic E-state index is 0.407. The number of aryl methyl sites for hydroxylation is 1. The minimum Gasteiger partial charge on any atom is -0.465 e. The summed E-state index contributed by atoms with van der Waals surface area (Å²) in [6.07, 6.45) is 6.90. The van der Waals surface area contributed by atoms with Gasteiger partial charge in [-0.2, -0.15) is 0 Å². The highest BCUT2D eigenvalue weighted by Gasteiger charge is 2.36. The van der Waals surface area contributed by atoms with Crippen LogP contribution in [0.5, 0.6) is 0 Å². The molecular formula is C15H17NO2S. The van der Waals surface area contributed by atoms with Crippen molar-refractivity contribution in [3.63, 3.8) is 0 Å². The Morgan fingerprint density at radius 1 is 1.42 bits per heavy atom. The van der Waals surface area contributed by atoms with Crippen LogP contribution >= 0.6 is 11.8 Å². The zero-order valence-electron chi connectivity index (χ0n) is 11.1. The number of carbonyl (C=O) groups is 1. The maximum Gasteiger partial charge on any atom is 0.404 e. The van der Waals surface area contributed by atoms with Gasteiger partial charge in [0.25, 0.3) is 0 Å². The molecule has 3 rings (SSSR count). The van der Waals surface area contributed by atoms with E-state index >= 15 is 0 Å². The van der Waals surface area contributed by atoms with Crippen molar-refractivity contribution in [3.05, 3.63) is 40.5 Å². The highest BCUT2D eigenvalue weighted by molar-refractivity contribution is 7.98. The summed E-state index contributed by atoms with van der Waals surface area (Å²) in [6.45, 7) is 2.52. The van der Waals surface area contributed by atoms with Crippen LogP contribution in [0.3, 0.4) is 0 Å². The molecule has 0 radical (unpaired) electrons. The third kappa shape index (κ3) is 1.94. The Labute approximate surface area is 117 Å². The van der Waals surface area contributed by atoms with E-state index in [1.807, 2.05) is 0 Å². The van der Waals surface area contributed by atoms with Crippen molar-refractivity contribution < 1.29 is 9.90 Å². The summed E-state index contributed by atoms with van der Waals surface area (Å²) in [4.78, 5) is 12.1. The van der Waals surface area contributed by atoms with Crippen LogP contribution in [0.15, 0.2) is 23.1 Å². The molecule has 19 heavy (non-hydrogen) atoms. The van der Waals surface area contributed by atoms with Gasteiger partial charge in [0.2, 0.25) is 0 Å². The molecule has 3 nitrogen and oxygen atoms in total. The first kappa shape index (κ1) is 12.6. The third-order valence-electron chi connectivity index (χ3n) is 4.09. The zero-order valence-corrected chi connectivity index (χ0v) is 11.9. The van der Waals surface area contributed by atoms with Crippen LogP contribution in [0.2, 0.25) is 0 Å². The quantitative estimate of drug-likeness (QED) is 0.654. The number of amides is 1. The van der Waals surface area contributed by atoms with Crippen LogP contribution in [-0.4, -0.2) is 17.5 Å². The lowest BCUT2D eigenvalue weighted by Gasteiger charge is -2.21. The fraction of sp³-hybridized carbons (Fsp3) is 0.400. The number of rotatable bonds is 3. The van der Waals surface area contributed by atoms with E-state index in [0.29, 0.717) is 18.4 Å². The van der Waals surface area contributed by atoms with E-state index in [1.54, 1.807) is 11.8 Å². The Kier molecular flexibility index (Phi) is 3.05. The Balaban J connectivity index is 2.08. The van der Waals surface area contributed by atoms with E-state index in [0.717, 1.165) is 12.0 Å². The summed E-state index contributed by atoms with van der Waals surface area (Å²) in [5, 5.41) is 11.3. The van der Waals surface area contributed by atoms with Crippen molar-refractivity contribution in [3.8, 4) is 0 Å². The largest absolute Gasteiger partial charge is 0.465 e. The summed E-state index contributed by atoms with van der Waals surface area (Å²) in [5.41, 5.74) is 5.22. The van der Waals surface area contributed by atoms with Crippen molar-refractivity contribution in [2.45, 2.75) is 36.6 Å². The van der Waals surface area contributed by atoms with Crippen molar-refractivity contribution in [1.29, 1.82) is 0 Å². The molecule has 0 saturated carbocycles. The van der Waals surface area contributed by atoms with Gasteiger partial charge in [0, 0.05) is 23.3 Å². The summed E-state index contributed by atoms with van der Waals surface area (Å²) in [5.74, 6) is 1.02. The topological polar surface area (TPSA) is 49.3 Å². The highest BCUT2D eigenvalue weighted by atomic mass is 32.2. The molecule has 0 heterocycles. The minimum atomic E-state index is -0.959. The molecule has 1 aromatic carbocycles. The van der Waals surface area contributed by atoms with Crippen molar-refractivity contribution in [2.75, 3.05) is 6.26 Å². The Hall–Kier alpha value is -1.42. The molecular weight excluding hydrogens is 258 g/mol. The predicted molar refractivity (Wildman–Crippen MR) is 77.1 cm³/mol. The molecule has 0 saturated heterocycles. The predicted octanol–water partition coefficient (Wildman–Crippen LogP) is 3.63. The van der Waals surface area contributed by atoms with Gasteiger partial charge in [-0.1, -0.05) is 18.2 Å². The molecule has 4 heteroatoms. The standard InChI is InChI=1S/C15H17NO2S/c1-8-5-11(7-16-15(17)18)12-9-3-4-10(6-9)13(12)14(8)19-2/h3-5,9-10,16H,6-7H2,1-2H3,(H,17,18). The molecule has 2 atom stereocenters. The summed E-state index contributed by atoms with van der Waals surface area (Å²) in [6, 6.07) is 2.15. The molecule has 0 fully saturated rings. The maximum atomic E-state index is 10.7. The molecule has 0 aliphatic heterocycles. The first-order chi connectivity index (χ1) is 9.11. The van der Waals surface area contributed by atoms with Crippen molar-refractivity contribution in [1.82, 2.24) is 5.32 Å². The van der Waals surface area contributed by atoms with Crippen LogP contribution in [0.1, 0.15) is 40.5 Å². The SMILES string of the molecule is CSc1c(C)cc(CNC(=O)O)c2c1C1C=CC2C1. The maximum absolute atomic E-state index is 10.7. The number of fused-ring (bicyclic) bond motifs is 5. The molecule has 0 aromatic heterocycles. The normalized spacial score (nSPS) is 22.6. The second-order valence-electron chi connectivity index (χ2n) is 5.21. The van der Waals surface area contributed by atoms with Gasteiger partial charge >= 0.3 is 6.09 Å². The van der Waals surface area contributed by atoms with Gasteiger partial charge in [-0.25, -0.2) is 4.79 Å². The second kappa shape index (κ2) is 4.60. The molecule has 2 aliphatic carbocycles. The average Bonchev–Trinajstić information content (AvgIpc) is 2.97. The van der Waals surface area contributed by atoms with Crippen LogP contribution in [-0.2, 0) is 6.54 Å². The zero-order chi connectivity index (χ0) is 13.6. The van der Waals surface area contributed by atoms with Gasteiger partial charge in [-0.05, 0) is 41.9 Å².